The quantitative estimate of drug-likeness (QED) is 0.877. The molecule has 2 N–H and O–H groups in total. The summed E-state index contributed by atoms with van der Waals surface area (Å²) in [6, 6.07) is 5.78. The number of hydrogen-bond acceptors (Lipinski definition) is 3. The fourth-order valence-corrected chi connectivity index (χ4v) is 2.47. The van der Waals surface area contributed by atoms with Gasteiger partial charge in [-0.2, -0.15) is 0 Å². The molecular formula is C14H15BrN2O3. The van der Waals surface area contributed by atoms with Crippen LogP contribution in [0.4, 0.5) is 0 Å². The van der Waals surface area contributed by atoms with Crippen LogP contribution in [0.3, 0.4) is 0 Å². The van der Waals surface area contributed by atoms with Gasteiger partial charge < -0.3 is 14.8 Å². The van der Waals surface area contributed by atoms with E-state index in [-0.39, 0.29) is 6.42 Å². The number of imidazole rings is 1. The van der Waals surface area contributed by atoms with Crippen molar-refractivity contribution in [1.29, 1.82) is 0 Å². The number of benzene rings is 1. The summed E-state index contributed by atoms with van der Waals surface area (Å²) in [5, 5.41) is 8.79. The van der Waals surface area contributed by atoms with Crippen molar-refractivity contribution in [2.75, 3.05) is 7.11 Å². The van der Waals surface area contributed by atoms with Crippen molar-refractivity contribution >= 4 is 21.9 Å². The Kier molecular flexibility index (Phi) is 4.44. The van der Waals surface area contributed by atoms with Gasteiger partial charge in [0.2, 0.25) is 0 Å². The Hall–Kier alpha value is -1.82. The van der Waals surface area contributed by atoms with Gasteiger partial charge in [-0.15, -0.1) is 0 Å². The van der Waals surface area contributed by atoms with Crippen molar-refractivity contribution in [3.05, 3.63) is 34.2 Å². The highest BCUT2D eigenvalue weighted by molar-refractivity contribution is 9.10. The number of methoxy groups -OCH3 is 1. The number of nitrogens with zero attached hydrogens (tertiary/aromatic N) is 1. The standard InChI is InChI=1S/C14H15BrN2O3/c1-8-7-9(3-5-11(8)20-2)13-10(4-6-12(18)19)16-14(15)17-13/h3,5,7H,4,6H2,1-2H3,(H,16,17)(H,18,19). The van der Waals surface area contributed by atoms with Crippen LogP contribution in [0.15, 0.2) is 22.9 Å². The lowest BCUT2D eigenvalue weighted by Gasteiger charge is -2.07. The molecule has 6 heteroatoms. The summed E-state index contributed by atoms with van der Waals surface area (Å²) in [4.78, 5) is 18.1. The van der Waals surface area contributed by atoms with Crippen molar-refractivity contribution in [2.45, 2.75) is 19.8 Å². The molecule has 2 aromatic rings. The van der Waals surface area contributed by atoms with Crippen LogP contribution in [0, 0.1) is 6.92 Å². The highest BCUT2D eigenvalue weighted by Crippen LogP contribution is 2.28. The first-order valence-electron chi connectivity index (χ1n) is 6.12. The number of carboxylic acid groups (broad SMARTS) is 1. The molecule has 0 aliphatic heterocycles. The van der Waals surface area contributed by atoms with Crippen molar-refractivity contribution in [2.24, 2.45) is 0 Å². The maximum atomic E-state index is 10.7. The monoisotopic (exact) mass is 338 g/mol. The van der Waals surface area contributed by atoms with E-state index < -0.39 is 5.97 Å². The molecule has 1 aromatic heterocycles. The van der Waals surface area contributed by atoms with Gasteiger partial charge in [-0.1, -0.05) is 0 Å². The van der Waals surface area contributed by atoms with Crippen LogP contribution >= 0.6 is 15.9 Å². The summed E-state index contributed by atoms with van der Waals surface area (Å²) in [6.07, 6.45) is 0.477. The van der Waals surface area contributed by atoms with Gasteiger partial charge in [-0.05, 0) is 46.6 Å². The number of ether oxygens (including phenoxy) is 1. The fourth-order valence-electron chi connectivity index (χ4n) is 2.05. The summed E-state index contributed by atoms with van der Waals surface area (Å²) >= 11 is 3.30. The molecule has 1 aromatic carbocycles. The molecular weight excluding hydrogens is 324 g/mol. The van der Waals surface area contributed by atoms with Crippen molar-refractivity contribution in [1.82, 2.24) is 9.97 Å². The number of carbonyl (C=O) groups is 1. The van der Waals surface area contributed by atoms with Crippen molar-refractivity contribution < 1.29 is 14.6 Å². The number of halogens is 1. The Bertz CT molecular complexity index is 637. The topological polar surface area (TPSA) is 75.2 Å². The van der Waals surface area contributed by atoms with Crippen molar-refractivity contribution in [3.8, 4) is 17.0 Å². The van der Waals surface area contributed by atoms with E-state index in [2.05, 4.69) is 25.9 Å². The smallest absolute Gasteiger partial charge is 0.303 e. The molecule has 0 aliphatic carbocycles. The molecule has 0 radical (unpaired) electrons. The molecule has 0 saturated carbocycles. The molecule has 2 rings (SSSR count). The van der Waals surface area contributed by atoms with Gasteiger partial charge in [0.05, 0.1) is 19.2 Å². The number of carboxylic acids is 1. The van der Waals surface area contributed by atoms with Crippen LogP contribution in [-0.4, -0.2) is 28.2 Å². The molecule has 106 valence electrons. The van der Waals surface area contributed by atoms with Gasteiger partial charge in [-0.3, -0.25) is 4.79 Å². The normalized spacial score (nSPS) is 10.6. The maximum absolute atomic E-state index is 10.7. The molecule has 0 bridgehead atoms. The largest absolute Gasteiger partial charge is 0.496 e. The highest BCUT2D eigenvalue weighted by atomic mass is 79.9. The van der Waals surface area contributed by atoms with E-state index in [0.29, 0.717) is 11.2 Å². The SMILES string of the molecule is COc1ccc(-c2nc(Br)[nH]c2CCC(=O)O)cc1C. The number of aryl methyl sites for hydroxylation is 2. The van der Waals surface area contributed by atoms with E-state index >= 15 is 0 Å². The van der Waals surface area contributed by atoms with Crippen LogP contribution in [0.25, 0.3) is 11.3 Å². The molecule has 0 atom stereocenters. The lowest BCUT2D eigenvalue weighted by molar-refractivity contribution is -0.136. The molecule has 0 saturated heterocycles. The molecule has 5 nitrogen and oxygen atoms in total. The number of H-pyrrole nitrogens is 1. The Labute approximate surface area is 125 Å². The molecule has 0 fully saturated rings. The number of hydrogen-bond donors (Lipinski definition) is 2. The minimum atomic E-state index is -0.826. The third-order valence-corrected chi connectivity index (χ3v) is 3.38. The molecule has 0 unspecified atom stereocenters. The predicted octanol–water partition coefficient (Wildman–Crippen LogP) is 3.17. The van der Waals surface area contributed by atoms with Crippen LogP contribution in [0.2, 0.25) is 0 Å². The first kappa shape index (κ1) is 14.6. The summed E-state index contributed by atoms with van der Waals surface area (Å²) in [6.45, 7) is 1.96. The predicted molar refractivity (Wildman–Crippen MR) is 79.0 cm³/mol. The van der Waals surface area contributed by atoms with Gasteiger partial charge >= 0.3 is 5.97 Å². The Morgan fingerprint density at radius 3 is 2.85 bits per heavy atom. The van der Waals surface area contributed by atoms with E-state index in [9.17, 15) is 4.79 Å². The van der Waals surface area contributed by atoms with Gasteiger partial charge in [0, 0.05) is 17.7 Å². The Morgan fingerprint density at radius 1 is 1.50 bits per heavy atom. The van der Waals surface area contributed by atoms with E-state index in [1.807, 2.05) is 25.1 Å². The maximum Gasteiger partial charge on any atom is 0.303 e. The van der Waals surface area contributed by atoms with Crippen LogP contribution in [0.1, 0.15) is 17.7 Å². The number of nitrogens with one attached hydrogen (secondary N) is 1. The highest BCUT2D eigenvalue weighted by Gasteiger charge is 2.13. The summed E-state index contributed by atoms with van der Waals surface area (Å²) < 4.78 is 5.83. The molecule has 0 amide bonds. The average molecular weight is 339 g/mol. The summed E-state index contributed by atoms with van der Waals surface area (Å²) in [5.41, 5.74) is 3.52. The number of aromatic nitrogens is 2. The lowest BCUT2D eigenvalue weighted by Crippen LogP contribution is -1.99. The second kappa shape index (κ2) is 6.09. The minimum absolute atomic E-state index is 0.0662. The lowest BCUT2D eigenvalue weighted by atomic mass is 10.0. The van der Waals surface area contributed by atoms with Gasteiger partial charge in [0.25, 0.3) is 0 Å². The zero-order chi connectivity index (χ0) is 14.7. The minimum Gasteiger partial charge on any atom is -0.496 e. The zero-order valence-corrected chi connectivity index (χ0v) is 12.8. The Balaban J connectivity index is 2.36. The van der Waals surface area contributed by atoms with E-state index in [1.165, 1.54) is 0 Å². The number of rotatable bonds is 5. The first-order valence-corrected chi connectivity index (χ1v) is 6.91. The average Bonchev–Trinajstić information content (AvgIpc) is 2.77. The van der Waals surface area contributed by atoms with Gasteiger partial charge in [0.1, 0.15) is 5.75 Å². The van der Waals surface area contributed by atoms with Gasteiger partial charge in [-0.25, -0.2) is 4.98 Å². The summed E-state index contributed by atoms with van der Waals surface area (Å²) in [7, 11) is 1.63. The number of aliphatic carboxylic acids is 1. The second-order valence-electron chi connectivity index (χ2n) is 4.43. The third-order valence-electron chi connectivity index (χ3n) is 3.01. The van der Waals surface area contributed by atoms with Crippen molar-refractivity contribution in [3.63, 3.8) is 0 Å². The van der Waals surface area contributed by atoms with Crippen LogP contribution in [0.5, 0.6) is 5.75 Å². The van der Waals surface area contributed by atoms with Crippen LogP contribution in [-0.2, 0) is 11.2 Å². The van der Waals surface area contributed by atoms with Gasteiger partial charge in [0.15, 0.2) is 4.73 Å². The first-order chi connectivity index (χ1) is 9.51. The molecule has 0 aliphatic rings. The molecule has 0 spiro atoms. The zero-order valence-electron chi connectivity index (χ0n) is 11.2. The molecule has 20 heavy (non-hydrogen) atoms. The Morgan fingerprint density at radius 2 is 2.25 bits per heavy atom. The molecule has 1 heterocycles. The third kappa shape index (κ3) is 3.19. The fraction of sp³-hybridized carbons (Fsp3) is 0.286. The number of aromatic amines is 1. The summed E-state index contributed by atoms with van der Waals surface area (Å²) in [5.74, 6) is -0.0111. The van der Waals surface area contributed by atoms with Crippen LogP contribution < -0.4 is 4.74 Å². The van der Waals surface area contributed by atoms with E-state index in [4.69, 9.17) is 9.84 Å². The second-order valence-corrected chi connectivity index (χ2v) is 5.18. The van der Waals surface area contributed by atoms with E-state index in [0.717, 1.165) is 28.3 Å². The van der Waals surface area contributed by atoms with E-state index in [1.54, 1.807) is 7.11 Å².